The molecule has 0 bridgehead atoms. The minimum atomic E-state index is -3.60. The maximum atomic E-state index is 12.1. The molecule has 0 saturated carbocycles. The summed E-state index contributed by atoms with van der Waals surface area (Å²) in [7, 11) is -3.60. The van der Waals surface area contributed by atoms with Crippen LogP contribution >= 0.6 is 0 Å². The first kappa shape index (κ1) is 14.0. The number of likely N-dealkylation sites (tertiary alicyclic amines) is 1. The van der Waals surface area contributed by atoms with E-state index < -0.39 is 10.0 Å². The van der Waals surface area contributed by atoms with E-state index in [9.17, 15) is 13.2 Å². The highest BCUT2D eigenvalue weighted by Gasteiger charge is 2.32. The van der Waals surface area contributed by atoms with Crippen LogP contribution in [0.3, 0.4) is 0 Å². The Morgan fingerprint density at radius 3 is 2.95 bits per heavy atom. The zero-order chi connectivity index (χ0) is 13.9. The smallest absolute Gasteiger partial charge is 0.242 e. The lowest BCUT2D eigenvalue weighted by atomic mass is 10.3. The van der Waals surface area contributed by atoms with E-state index in [-0.39, 0.29) is 23.3 Å². The van der Waals surface area contributed by atoms with Gasteiger partial charge in [-0.1, -0.05) is 6.92 Å². The number of hydrogen-bond acceptors (Lipinski definition) is 4. The van der Waals surface area contributed by atoms with E-state index in [1.54, 1.807) is 11.0 Å². The van der Waals surface area contributed by atoms with Crippen molar-refractivity contribution < 1.29 is 13.2 Å². The van der Waals surface area contributed by atoms with Gasteiger partial charge in [0.25, 0.3) is 0 Å². The third kappa shape index (κ3) is 3.30. The summed E-state index contributed by atoms with van der Waals surface area (Å²) in [6, 6.07) is 2.69. The number of sulfonamides is 1. The fourth-order valence-electron chi connectivity index (χ4n) is 2.13. The van der Waals surface area contributed by atoms with Crippen LogP contribution in [0.25, 0.3) is 0 Å². The summed E-state index contributed by atoms with van der Waals surface area (Å²) in [6.07, 6.45) is 3.90. The van der Waals surface area contributed by atoms with Crippen molar-refractivity contribution in [2.45, 2.75) is 30.7 Å². The van der Waals surface area contributed by atoms with Gasteiger partial charge in [0.2, 0.25) is 15.9 Å². The summed E-state index contributed by atoms with van der Waals surface area (Å²) in [6.45, 7) is 3.09. The largest absolute Gasteiger partial charge is 0.341 e. The average molecular weight is 283 g/mol. The lowest BCUT2D eigenvalue weighted by Crippen LogP contribution is -2.37. The molecular formula is C12H17N3O3S. The molecule has 1 aromatic rings. The van der Waals surface area contributed by atoms with Crippen LogP contribution < -0.4 is 4.72 Å². The van der Waals surface area contributed by atoms with Gasteiger partial charge in [-0.3, -0.25) is 9.78 Å². The van der Waals surface area contributed by atoms with E-state index >= 15 is 0 Å². The molecule has 19 heavy (non-hydrogen) atoms. The molecule has 7 heteroatoms. The topological polar surface area (TPSA) is 79.4 Å². The van der Waals surface area contributed by atoms with Crippen LogP contribution in [0.4, 0.5) is 0 Å². The van der Waals surface area contributed by atoms with Gasteiger partial charge in [0.1, 0.15) is 4.90 Å². The van der Waals surface area contributed by atoms with E-state index in [2.05, 4.69) is 9.71 Å². The quantitative estimate of drug-likeness (QED) is 0.847. The molecular weight excluding hydrogens is 266 g/mol. The third-order valence-electron chi connectivity index (χ3n) is 2.97. The molecule has 0 aliphatic carbocycles. The zero-order valence-corrected chi connectivity index (χ0v) is 11.6. The number of hydrogen-bond donors (Lipinski definition) is 1. The molecule has 0 spiro atoms. The van der Waals surface area contributed by atoms with Crippen LogP contribution in [0.5, 0.6) is 0 Å². The van der Waals surface area contributed by atoms with Crippen molar-refractivity contribution in [3.05, 3.63) is 24.5 Å². The maximum Gasteiger partial charge on any atom is 0.242 e. The molecule has 0 unspecified atom stereocenters. The van der Waals surface area contributed by atoms with Gasteiger partial charge >= 0.3 is 0 Å². The Hall–Kier alpha value is -1.47. The highest BCUT2D eigenvalue weighted by molar-refractivity contribution is 7.89. The molecule has 2 rings (SSSR count). The fourth-order valence-corrected chi connectivity index (χ4v) is 3.32. The number of aromatic nitrogens is 1. The maximum absolute atomic E-state index is 12.1. The van der Waals surface area contributed by atoms with E-state index in [0.717, 1.165) is 6.42 Å². The van der Waals surface area contributed by atoms with E-state index in [1.165, 1.54) is 18.5 Å². The zero-order valence-electron chi connectivity index (χ0n) is 10.7. The molecule has 6 nitrogen and oxygen atoms in total. The summed E-state index contributed by atoms with van der Waals surface area (Å²) in [4.78, 5) is 17.3. The normalized spacial score (nSPS) is 19.9. The van der Waals surface area contributed by atoms with Gasteiger partial charge in [0.05, 0.1) is 0 Å². The van der Waals surface area contributed by atoms with E-state index in [4.69, 9.17) is 0 Å². The summed E-state index contributed by atoms with van der Waals surface area (Å²) in [5, 5.41) is 0. The number of carbonyl (C=O) groups is 1. The first-order chi connectivity index (χ1) is 9.03. The summed E-state index contributed by atoms with van der Waals surface area (Å²) < 4.78 is 26.7. The molecule has 1 amide bonds. The Morgan fingerprint density at radius 2 is 2.32 bits per heavy atom. The van der Waals surface area contributed by atoms with Crippen molar-refractivity contribution >= 4 is 15.9 Å². The summed E-state index contributed by atoms with van der Waals surface area (Å²) >= 11 is 0. The summed E-state index contributed by atoms with van der Waals surface area (Å²) in [5.74, 6) is 0.000682. The van der Waals surface area contributed by atoms with Crippen molar-refractivity contribution in [2.24, 2.45) is 0 Å². The van der Waals surface area contributed by atoms with Gasteiger partial charge in [0.15, 0.2) is 0 Å². The Labute approximate surface area is 112 Å². The van der Waals surface area contributed by atoms with Crippen molar-refractivity contribution in [3.8, 4) is 0 Å². The number of amides is 1. The molecule has 1 atom stereocenters. The van der Waals surface area contributed by atoms with E-state index in [0.29, 0.717) is 13.1 Å². The minimum absolute atomic E-state index is 0.000682. The van der Waals surface area contributed by atoms with Gasteiger partial charge < -0.3 is 4.90 Å². The van der Waals surface area contributed by atoms with Gasteiger partial charge in [-0.25, -0.2) is 13.1 Å². The molecule has 0 aromatic carbocycles. The van der Waals surface area contributed by atoms with Crippen molar-refractivity contribution in [1.82, 2.24) is 14.6 Å². The Bertz CT molecular complexity index is 545. The third-order valence-corrected chi connectivity index (χ3v) is 4.48. The fraction of sp³-hybridized carbons (Fsp3) is 0.500. The molecule has 104 valence electrons. The molecule has 1 saturated heterocycles. The summed E-state index contributed by atoms with van der Waals surface area (Å²) in [5.41, 5.74) is 0. The predicted molar refractivity (Wildman–Crippen MR) is 69.8 cm³/mol. The van der Waals surface area contributed by atoms with Crippen LogP contribution in [-0.4, -0.2) is 43.3 Å². The van der Waals surface area contributed by atoms with Gasteiger partial charge in [-0.05, 0) is 18.6 Å². The Balaban J connectivity index is 2.05. The Kier molecular flexibility index (Phi) is 4.16. The standard InChI is InChI=1S/C12H17N3O3S/c1-2-6-15-9-10(7-12(15)16)14-19(17,18)11-4-3-5-13-8-11/h3-5,8,10,14H,2,6-7,9H2,1H3/t10-/m0/s1. The monoisotopic (exact) mass is 283 g/mol. The van der Waals surface area contributed by atoms with Crippen molar-refractivity contribution in [1.29, 1.82) is 0 Å². The number of nitrogens with zero attached hydrogens (tertiary/aromatic N) is 2. The number of rotatable bonds is 5. The van der Waals surface area contributed by atoms with Crippen molar-refractivity contribution in [2.75, 3.05) is 13.1 Å². The minimum Gasteiger partial charge on any atom is -0.341 e. The van der Waals surface area contributed by atoms with Gasteiger partial charge in [-0.2, -0.15) is 0 Å². The molecule has 1 aromatic heterocycles. The molecule has 0 radical (unpaired) electrons. The van der Waals surface area contributed by atoms with E-state index in [1.807, 2.05) is 6.92 Å². The molecule has 1 fully saturated rings. The molecule has 1 aliphatic heterocycles. The highest BCUT2D eigenvalue weighted by atomic mass is 32.2. The van der Waals surface area contributed by atoms with Crippen LogP contribution in [0.1, 0.15) is 19.8 Å². The van der Waals surface area contributed by atoms with Crippen LogP contribution in [0.2, 0.25) is 0 Å². The van der Waals surface area contributed by atoms with Crippen LogP contribution in [0, 0.1) is 0 Å². The molecule has 1 N–H and O–H groups in total. The van der Waals surface area contributed by atoms with Crippen LogP contribution in [-0.2, 0) is 14.8 Å². The SMILES string of the molecule is CCCN1C[C@@H](NS(=O)(=O)c2cccnc2)CC1=O. The Morgan fingerprint density at radius 1 is 1.53 bits per heavy atom. The van der Waals surface area contributed by atoms with Crippen molar-refractivity contribution in [3.63, 3.8) is 0 Å². The molecule has 2 heterocycles. The molecule has 1 aliphatic rings. The van der Waals surface area contributed by atoms with Crippen LogP contribution in [0.15, 0.2) is 29.4 Å². The number of nitrogens with one attached hydrogen (secondary N) is 1. The van der Waals surface area contributed by atoms with Gasteiger partial charge in [0, 0.05) is 37.9 Å². The predicted octanol–water partition coefficient (Wildman–Crippen LogP) is 0.371. The first-order valence-corrected chi connectivity index (χ1v) is 7.71. The lowest BCUT2D eigenvalue weighted by molar-refractivity contribution is -0.127. The second-order valence-corrected chi connectivity index (χ2v) is 6.26. The first-order valence-electron chi connectivity index (χ1n) is 6.23. The number of carbonyl (C=O) groups excluding carboxylic acids is 1. The van der Waals surface area contributed by atoms with Gasteiger partial charge in [-0.15, -0.1) is 0 Å². The lowest BCUT2D eigenvalue weighted by Gasteiger charge is -2.16. The second-order valence-electron chi connectivity index (χ2n) is 4.55. The highest BCUT2D eigenvalue weighted by Crippen LogP contribution is 2.14. The number of pyridine rings is 1. The second kappa shape index (κ2) is 5.66. The average Bonchev–Trinajstić information content (AvgIpc) is 2.70.